The summed E-state index contributed by atoms with van der Waals surface area (Å²) in [5, 5.41) is 3.49. The molecule has 1 fully saturated rings. The van der Waals surface area contributed by atoms with E-state index in [1.165, 1.54) is 15.3 Å². The summed E-state index contributed by atoms with van der Waals surface area (Å²) in [5.41, 5.74) is 0.868. The Morgan fingerprint density at radius 3 is 2.70 bits per heavy atom. The molecule has 4 nitrogen and oxygen atoms in total. The van der Waals surface area contributed by atoms with Gasteiger partial charge in [0.1, 0.15) is 5.60 Å². The molecule has 5 heteroatoms. The average molecular weight is 296 g/mol. The van der Waals surface area contributed by atoms with Gasteiger partial charge >= 0.3 is 6.09 Å². The minimum absolute atomic E-state index is 0.209. The van der Waals surface area contributed by atoms with Crippen LogP contribution in [0.25, 0.3) is 0 Å². The van der Waals surface area contributed by atoms with Crippen molar-refractivity contribution in [2.45, 2.75) is 46.3 Å². The zero-order valence-corrected chi connectivity index (χ0v) is 13.8. The lowest BCUT2D eigenvalue weighted by molar-refractivity contribution is 0.0195. The Balaban J connectivity index is 2.05. The number of hydrogen-bond donors (Lipinski definition) is 1. The van der Waals surface area contributed by atoms with Crippen LogP contribution < -0.4 is 5.32 Å². The Bertz CT molecular complexity index is 491. The lowest BCUT2D eigenvalue weighted by atomic mass is 10.1. The molecule has 1 aromatic heterocycles. The number of hydrogen-bond acceptors (Lipinski definition) is 4. The normalized spacial score (nSPS) is 20.1. The zero-order chi connectivity index (χ0) is 14.9. The van der Waals surface area contributed by atoms with Crippen molar-refractivity contribution < 1.29 is 9.53 Å². The monoisotopic (exact) mass is 296 g/mol. The molecular weight excluding hydrogens is 272 g/mol. The second kappa shape index (κ2) is 5.74. The molecule has 0 aliphatic carbocycles. The third-order valence-electron chi connectivity index (χ3n) is 3.28. The number of amides is 1. The third-order valence-corrected chi connectivity index (χ3v) is 4.26. The number of thiophene rings is 1. The molecule has 0 saturated carbocycles. The lowest BCUT2D eigenvalue weighted by Gasteiger charge is -2.35. The van der Waals surface area contributed by atoms with Crippen LogP contribution in [0.1, 0.15) is 42.1 Å². The van der Waals surface area contributed by atoms with Gasteiger partial charge in [-0.15, -0.1) is 11.3 Å². The van der Waals surface area contributed by atoms with E-state index in [-0.39, 0.29) is 12.1 Å². The average Bonchev–Trinajstić information content (AvgIpc) is 2.66. The molecule has 1 aliphatic heterocycles. The molecular formula is C15H24N2O2S. The van der Waals surface area contributed by atoms with Crippen molar-refractivity contribution in [3.63, 3.8) is 0 Å². The molecule has 20 heavy (non-hydrogen) atoms. The van der Waals surface area contributed by atoms with Crippen LogP contribution in [0.5, 0.6) is 0 Å². The Hall–Kier alpha value is -1.07. The van der Waals surface area contributed by atoms with Crippen LogP contribution in [0.4, 0.5) is 4.79 Å². The molecule has 2 heterocycles. The van der Waals surface area contributed by atoms with Gasteiger partial charge in [0.05, 0.1) is 6.04 Å². The quantitative estimate of drug-likeness (QED) is 0.865. The first kappa shape index (κ1) is 15.3. The van der Waals surface area contributed by atoms with Crippen molar-refractivity contribution in [2.24, 2.45) is 0 Å². The first-order chi connectivity index (χ1) is 9.26. The fraction of sp³-hybridized carbons (Fsp3) is 0.667. The lowest BCUT2D eigenvalue weighted by Crippen LogP contribution is -2.49. The SMILES string of the molecule is Cc1cc(C2CN(C(=O)OC(C)(C)C)CCN2)c(C)s1. The predicted molar refractivity (Wildman–Crippen MR) is 82.3 cm³/mol. The van der Waals surface area contributed by atoms with Crippen LogP contribution in [0.2, 0.25) is 0 Å². The summed E-state index contributed by atoms with van der Waals surface area (Å²) in [6.45, 7) is 12.1. The molecule has 1 N–H and O–H groups in total. The van der Waals surface area contributed by atoms with Crippen LogP contribution in [-0.2, 0) is 4.74 Å². The Morgan fingerprint density at radius 1 is 1.45 bits per heavy atom. The van der Waals surface area contributed by atoms with Crippen LogP contribution >= 0.6 is 11.3 Å². The van der Waals surface area contributed by atoms with Gasteiger partial charge in [-0.2, -0.15) is 0 Å². The standard InChI is InChI=1S/C15H24N2O2S/c1-10-8-12(11(2)20-10)13-9-17(7-6-16-13)14(18)19-15(3,4)5/h8,13,16H,6-7,9H2,1-5H3. The number of nitrogens with zero attached hydrogens (tertiary/aromatic N) is 1. The summed E-state index contributed by atoms with van der Waals surface area (Å²) in [7, 11) is 0. The van der Waals surface area contributed by atoms with Crippen molar-refractivity contribution in [3.05, 3.63) is 21.4 Å². The van der Waals surface area contributed by atoms with Gasteiger partial charge < -0.3 is 15.0 Å². The first-order valence-electron chi connectivity index (χ1n) is 7.04. The number of ether oxygens (including phenoxy) is 1. The highest BCUT2D eigenvalue weighted by Crippen LogP contribution is 2.28. The Morgan fingerprint density at radius 2 is 2.15 bits per heavy atom. The molecule has 0 radical (unpaired) electrons. The summed E-state index contributed by atoms with van der Waals surface area (Å²) in [5.74, 6) is 0. The minimum atomic E-state index is -0.438. The van der Waals surface area contributed by atoms with Gasteiger partial charge in [-0.1, -0.05) is 0 Å². The number of piperazine rings is 1. The molecule has 1 unspecified atom stereocenters. The largest absolute Gasteiger partial charge is 0.444 e. The number of rotatable bonds is 1. The van der Waals surface area contributed by atoms with Crippen molar-refractivity contribution in [1.29, 1.82) is 0 Å². The molecule has 112 valence electrons. The minimum Gasteiger partial charge on any atom is -0.444 e. The molecule has 1 amide bonds. The van der Waals surface area contributed by atoms with Crippen molar-refractivity contribution in [2.75, 3.05) is 19.6 Å². The number of aryl methyl sites for hydroxylation is 2. The van der Waals surface area contributed by atoms with Crippen molar-refractivity contribution in [1.82, 2.24) is 10.2 Å². The topological polar surface area (TPSA) is 41.6 Å². The van der Waals surface area contributed by atoms with Gasteiger partial charge in [0.15, 0.2) is 0 Å². The predicted octanol–water partition coefficient (Wildman–Crippen LogP) is 3.25. The zero-order valence-electron chi connectivity index (χ0n) is 12.9. The summed E-state index contributed by atoms with van der Waals surface area (Å²) in [6.07, 6.45) is -0.214. The van der Waals surface area contributed by atoms with Crippen LogP contribution in [-0.4, -0.2) is 36.2 Å². The fourth-order valence-corrected chi connectivity index (χ4v) is 3.43. The second-order valence-electron chi connectivity index (χ2n) is 6.30. The van der Waals surface area contributed by atoms with Gasteiger partial charge in [-0.25, -0.2) is 4.79 Å². The van der Waals surface area contributed by atoms with Gasteiger partial charge in [-0.3, -0.25) is 0 Å². The van der Waals surface area contributed by atoms with E-state index in [4.69, 9.17) is 4.74 Å². The first-order valence-corrected chi connectivity index (χ1v) is 7.86. The molecule has 0 spiro atoms. The Kier molecular flexibility index (Phi) is 4.39. The summed E-state index contributed by atoms with van der Waals surface area (Å²) >= 11 is 1.81. The molecule has 0 bridgehead atoms. The molecule has 1 aliphatic rings. The summed E-state index contributed by atoms with van der Waals surface area (Å²) < 4.78 is 5.46. The van der Waals surface area contributed by atoms with Crippen molar-refractivity contribution in [3.8, 4) is 0 Å². The van der Waals surface area contributed by atoms with E-state index in [1.807, 2.05) is 32.1 Å². The molecule has 0 aromatic carbocycles. The number of carbonyl (C=O) groups excluding carboxylic acids is 1. The highest BCUT2D eigenvalue weighted by atomic mass is 32.1. The van der Waals surface area contributed by atoms with Crippen LogP contribution in [0, 0.1) is 13.8 Å². The maximum absolute atomic E-state index is 12.2. The fourth-order valence-electron chi connectivity index (χ4n) is 2.45. The molecule has 1 saturated heterocycles. The van der Waals surface area contributed by atoms with Gasteiger partial charge in [0, 0.05) is 29.4 Å². The maximum Gasteiger partial charge on any atom is 0.410 e. The van der Waals surface area contributed by atoms with E-state index in [0.29, 0.717) is 13.1 Å². The Labute approximate surface area is 125 Å². The van der Waals surface area contributed by atoms with E-state index < -0.39 is 5.60 Å². The summed E-state index contributed by atoms with van der Waals surface area (Å²) in [4.78, 5) is 16.6. The van der Waals surface area contributed by atoms with E-state index in [1.54, 1.807) is 4.90 Å². The smallest absolute Gasteiger partial charge is 0.410 e. The maximum atomic E-state index is 12.2. The number of carbonyl (C=O) groups is 1. The molecule has 1 aromatic rings. The van der Waals surface area contributed by atoms with Gasteiger partial charge in [-0.05, 0) is 46.2 Å². The molecule has 2 rings (SSSR count). The number of nitrogens with one attached hydrogen (secondary N) is 1. The van der Waals surface area contributed by atoms with Gasteiger partial charge in [0.25, 0.3) is 0 Å². The highest BCUT2D eigenvalue weighted by Gasteiger charge is 2.29. The second-order valence-corrected chi connectivity index (χ2v) is 7.76. The highest BCUT2D eigenvalue weighted by molar-refractivity contribution is 7.12. The van der Waals surface area contributed by atoms with E-state index in [9.17, 15) is 4.79 Å². The van der Waals surface area contributed by atoms with E-state index in [0.717, 1.165) is 6.54 Å². The molecule has 1 atom stereocenters. The van der Waals surface area contributed by atoms with E-state index >= 15 is 0 Å². The van der Waals surface area contributed by atoms with E-state index in [2.05, 4.69) is 25.2 Å². The van der Waals surface area contributed by atoms with Crippen molar-refractivity contribution >= 4 is 17.4 Å². The van der Waals surface area contributed by atoms with Gasteiger partial charge in [0.2, 0.25) is 0 Å². The van der Waals surface area contributed by atoms with Crippen LogP contribution in [0.15, 0.2) is 6.07 Å². The summed E-state index contributed by atoms with van der Waals surface area (Å²) in [6, 6.07) is 2.43. The third kappa shape index (κ3) is 3.73. The van der Waals surface area contributed by atoms with Crippen LogP contribution in [0.3, 0.4) is 0 Å².